The zero-order valence-electron chi connectivity index (χ0n) is 13.6. The Morgan fingerprint density at radius 2 is 1.91 bits per heavy atom. The minimum atomic E-state index is -0.309. The van der Waals surface area contributed by atoms with Gasteiger partial charge in [0, 0.05) is 25.0 Å². The maximum Gasteiger partial charge on any atom is 0.255 e. The molecule has 2 rings (SSSR count). The molecule has 0 saturated heterocycles. The third-order valence-electron chi connectivity index (χ3n) is 3.38. The van der Waals surface area contributed by atoms with Crippen LogP contribution in [0.25, 0.3) is 0 Å². The summed E-state index contributed by atoms with van der Waals surface area (Å²) < 4.78 is 13.2. The molecule has 0 saturated carbocycles. The van der Waals surface area contributed by atoms with Crippen LogP contribution in [0.1, 0.15) is 37.0 Å². The molecule has 1 aromatic carbocycles. The minimum absolute atomic E-state index is 0.00138. The van der Waals surface area contributed by atoms with Crippen LogP contribution in [0.2, 0.25) is 0 Å². The molecule has 23 heavy (non-hydrogen) atoms. The molecule has 2 aromatic rings. The molecular formula is C18H22FN3O. The van der Waals surface area contributed by atoms with Gasteiger partial charge in [0.25, 0.3) is 5.91 Å². The van der Waals surface area contributed by atoms with E-state index in [2.05, 4.69) is 24.1 Å². The molecule has 0 radical (unpaired) electrons. The molecule has 1 heterocycles. The molecule has 0 atom stereocenters. The van der Waals surface area contributed by atoms with Crippen LogP contribution in [0.5, 0.6) is 0 Å². The van der Waals surface area contributed by atoms with Crippen molar-refractivity contribution in [3.05, 3.63) is 54.0 Å². The first-order chi connectivity index (χ1) is 11.1. The van der Waals surface area contributed by atoms with E-state index >= 15 is 0 Å². The van der Waals surface area contributed by atoms with E-state index in [1.54, 1.807) is 30.5 Å². The quantitative estimate of drug-likeness (QED) is 0.832. The Morgan fingerprint density at radius 3 is 2.48 bits per heavy atom. The summed E-state index contributed by atoms with van der Waals surface area (Å²) in [5.41, 5.74) is 1.19. The highest BCUT2D eigenvalue weighted by atomic mass is 19.1. The lowest BCUT2D eigenvalue weighted by molar-refractivity contribution is 0.0755. The average Bonchev–Trinajstić information content (AvgIpc) is 2.55. The number of anilines is 2. The normalized spacial score (nSPS) is 10.4. The van der Waals surface area contributed by atoms with Crippen LogP contribution in [-0.2, 0) is 0 Å². The van der Waals surface area contributed by atoms with Crippen LogP contribution in [0.3, 0.4) is 0 Å². The third-order valence-corrected chi connectivity index (χ3v) is 3.38. The summed E-state index contributed by atoms with van der Waals surface area (Å²) in [6, 6.07) is 9.64. The van der Waals surface area contributed by atoms with E-state index in [0.29, 0.717) is 17.1 Å². The Kier molecular flexibility index (Phi) is 6.09. The zero-order chi connectivity index (χ0) is 16.7. The molecule has 0 bridgehead atoms. The molecule has 0 spiro atoms. The van der Waals surface area contributed by atoms with Gasteiger partial charge in [-0.1, -0.05) is 19.9 Å². The molecular weight excluding hydrogens is 293 g/mol. The van der Waals surface area contributed by atoms with Crippen LogP contribution < -0.4 is 5.32 Å². The molecule has 0 aliphatic rings. The Bertz CT molecular complexity index is 637. The van der Waals surface area contributed by atoms with Gasteiger partial charge < -0.3 is 10.2 Å². The topological polar surface area (TPSA) is 45.2 Å². The summed E-state index contributed by atoms with van der Waals surface area (Å²) in [7, 11) is 0. The van der Waals surface area contributed by atoms with Gasteiger partial charge in [0.05, 0.1) is 5.56 Å². The van der Waals surface area contributed by atoms with Crippen molar-refractivity contribution in [2.24, 2.45) is 0 Å². The van der Waals surface area contributed by atoms with Crippen molar-refractivity contribution in [1.29, 1.82) is 0 Å². The fourth-order valence-corrected chi connectivity index (χ4v) is 2.35. The molecule has 4 nitrogen and oxygen atoms in total. The van der Waals surface area contributed by atoms with Crippen LogP contribution in [0.4, 0.5) is 15.9 Å². The van der Waals surface area contributed by atoms with Gasteiger partial charge in [0.1, 0.15) is 11.6 Å². The monoisotopic (exact) mass is 315 g/mol. The second-order valence-corrected chi connectivity index (χ2v) is 5.36. The predicted octanol–water partition coefficient (Wildman–Crippen LogP) is 4.23. The molecule has 1 amide bonds. The number of aromatic nitrogens is 1. The number of nitrogens with zero attached hydrogens (tertiary/aromatic N) is 2. The molecule has 1 aromatic heterocycles. The number of rotatable bonds is 7. The second-order valence-electron chi connectivity index (χ2n) is 5.36. The number of carbonyl (C=O) groups excluding carboxylic acids is 1. The lowest BCUT2D eigenvalue weighted by atomic mass is 10.2. The SMILES string of the molecule is CCCN(CCC)C(=O)c1ccc(Nc2cccc(F)c2)nc1. The highest BCUT2D eigenvalue weighted by Crippen LogP contribution is 2.16. The largest absolute Gasteiger partial charge is 0.340 e. The maximum absolute atomic E-state index is 13.2. The summed E-state index contributed by atoms with van der Waals surface area (Å²) in [6.07, 6.45) is 3.42. The smallest absolute Gasteiger partial charge is 0.255 e. The van der Waals surface area contributed by atoms with Crippen molar-refractivity contribution in [2.75, 3.05) is 18.4 Å². The van der Waals surface area contributed by atoms with Gasteiger partial charge in [0.15, 0.2) is 0 Å². The lowest BCUT2D eigenvalue weighted by Gasteiger charge is -2.21. The Balaban J connectivity index is 2.07. The van der Waals surface area contributed by atoms with E-state index in [9.17, 15) is 9.18 Å². The summed E-state index contributed by atoms with van der Waals surface area (Å²) in [4.78, 5) is 18.5. The molecule has 122 valence electrons. The molecule has 0 unspecified atom stereocenters. The number of halogens is 1. The van der Waals surface area contributed by atoms with E-state index < -0.39 is 0 Å². The van der Waals surface area contributed by atoms with E-state index in [-0.39, 0.29) is 11.7 Å². The summed E-state index contributed by atoms with van der Waals surface area (Å²) in [5, 5.41) is 3.01. The first kappa shape index (κ1) is 16.9. The first-order valence-corrected chi connectivity index (χ1v) is 7.92. The fraction of sp³-hybridized carbons (Fsp3) is 0.333. The lowest BCUT2D eigenvalue weighted by Crippen LogP contribution is -2.32. The van der Waals surface area contributed by atoms with Gasteiger partial charge in [-0.15, -0.1) is 0 Å². The maximum atomic E-state index is 13.2. The van der Waals surface area contributed by atoms with Crippen molar-refractivity contribution in [1.82, 2.24) is 9.88 Å². The van der Waals surface area contributed by atoms with Gasteiger partial charge in [-0.3, -0.25) is 4.79 Å². The summed E-state index contributed by atoms with van der Waals surface area (Å²) in [6.45, 7) is 5.60. The number of nitrogens with one attached hydrogen (secondary N) is 1. The minimum Gasteiger partial charge on any atom is -0.340 e. The number of carbonyl (C=O) groups is 1. The van der Waals surface area contributed by atoms with E-state index in [1.165, 1.54) is 12.1 Å². The highest BCUT2D eigenvalue weighted by Gasteiger charge is 2.14. The molecule has 5 heteroatoms. The Hall–Kier alpha value is -2.43. The number of pyridine rings is 1. The summed E-state index contributed by atoms with van der Waals surface area (Å²) >= 11 is 0. The van der Waals surface area contributed by atoms with Crippen LogP contribution in [0, 0.1) is 5.82 Å². The van der Waals surface area contributed by atoms with Crippen molar-refractivity contribution in [3.63, 3.8) is 0 Å². The van der Waals surface area contributed by atoms with Crippen LogP contribution >= 0.6 is 0 Å². The molecule has 1 N–H and O–H groups in total. The number of hydrogen-bond acceptors (Lipinski definition) is 3. The Labute approximate surface area is 136 Å². The number of amides is 1. The van der Waals surface area contributed by atoms with E-state index in [4.69, 9.17) is 0 Å². The van der Waals surface area contributed by atoms with Gasteiger partial charge in [0.2, 0.25) is 0 Å². The van der Waals surface area contributed by atoms with Gasteiger partial charge >= 0.3 is 0 Å². The van der Waals surface area contributed by atoms with Gasteiger partial charge in [-0.05, 0) is 43.2 Å². The number of benzene rings is 1. The van der Waals surface area contributed by atoms with Gasteiger partial charge in [-0.2, -0.15) is 0 Å². The van der Waals surface area contributed by atoms with E-state index in [0.717, 1.165) is 25.9 Å². The zero-order valence-corrected chi connectivity index (χ0v) is 13.6. The van der Waals surface area contributed by atoms with Crippen molar-refractivity contribution in [3.8, 4) is 0 Å². The first-order valence-electron chi connectivity index (χ1n) is 7.92. The second kappa shape index (κ2) is 8.27. The van der Waals surface area contributed by atoms with Crippen molar-refractivity contribution < 1.29 is 9.18 Å². The fourth-order valence-electron chi connectivity index (χ4n) is 2.35. The third kappa shape index (κ3) is 4.77. The summed E-state index contributed by atoms with van der Waals surface area (Å²) in [5.74, 6) is 0.264. The van der Waals surface area contributed by atoms with E-state index in [1.807, 2.05) is 4.90 Å². The van der Waals surface area contributed by atoms with Crippen molar-refractivity contribution in [2.45, 2.75) is 26.7 Å². The van der Waals surface area contributed by atoms with Crippen molar-refractivity contribution >= 4 is 17.4 Å². The molecule has 0 aliphatic carbocycles. The predicted molar refractivity (Wildman–Crippen MR) is 90.4 cm³/mol. The number of hydrogen-bond donors (Lipinski definition) is 1. The van der Waals surface area contributed by atoms with Crippen LogP contribution in [-0.4, -0.2) is 28.9 Å². The van der Waals surface area contributed by atoms with Crippen LogP contribution in [0.15, 0.2) is 42.6 Å². The highest BCUT2D eigenvalue weighted by molar-refractivity contribution is 5.94. The van der Waals surface area contributed by atoms with Gasteiger partial charge in [-0.25, -0.2) is 9.37 Å². The molecule has 0 aliphatic heterocycles. The standard InChI is InChI=1S/C18H22FN3O/c1-3-10-22(11-4-2)18(23)14-8-9-17(20-13-14)21-16-7-5-6-15(19)12-16/h5-9,12-13H,3-4,10-11H2,1-2H3,(H,20,21). The average molecular weight is 315 g/mol. The Morgan fingerprint density at radius 1 is 1.17 bits per heavy atom. The molecule has 0 fully saturated rings.